The van der Waals surface area contributed by atoms with Crippen LogP contribution in [0.4, 0.5) is 8.78 Å². The Morgan fingerprint density at radius 1 is 1.05 bits per heavy atom. The van der Waals surface area contributed by atoms with Gasteiger partial charge in [-0.25, -0.2) is 8.78 Å². The van der Waals surface area contributed by atoms with Gasteiger partial charge in [0, 0.05) is 5.39 Å². The molecule has 0 atom stereocenters. The second-order valence-corrected chi connectivity index (χ2v) is 4.65. The molecule has 3 rings (SSSR count). The number of rotatable bonds is 2. The Morgan fingerprint density at radius 3 is 2.40 bits per heavy atom. The molecular weight excluding hydrogens is 260 g/mol. The van der Waals surface area contributed by atoms with Crippen LogP contribution in [0.3, 0.4) is 0 Å². The van der Waals surface area contributed by atoms with Crippen LogP contribution in [0, 0.1) is 18.6 Å². The van der Waals surface area contributed by atoms with Gasteiger partial charge >= 0.3 is 0 Å². The Hall–Kier alpha value is -2.49. The smallest absolute Gasteiger partial charge is 0.152 e. The number of aldehydes is 1. The zero-order chi connectivity index (χ0) is 14.3. The monoisotopic (exact) mass is 271 g/mol. The van der Waals surface area contributed by atoms with Crippen molar-refractivity contribution in [2.24, 2.45) is 0 Å². The topological polar surface area (TPSA) is 32.9 Å². The number of carbonyl (C=O) groups excluding carboxylic acids is 1. The molecule has 0 radical (unpaired) electrons. The third-order valence-corrected chi connectivity index (χ3v) is 3.40. The Labute approximate surface area is 114 Å². The molecule has 1 aromatic heterocycles. The zero-order valence-electron chi connectivity index (χ0n) is 10.7. The minimum absolute atomic E-state index is 0.257. The summed E-state index contributed by atoms with van der Waals surface area (Å²) in [5, 5.41) is 0.277. The fraction of sp³-hybridized carbons (Fsp3) is 0.0625. The predicted octanol–water partition coefficient (Wildman–Crippen LogP) is 4.23. The molecule has 20 heavy (non-hydrogen) atoms. The van der Waals surface area contributed by atoms with Gasteiger partial charge in [0.15, 0.2) is 6.29 Å². The van der Waals surface area contributed by atoms with Crippen molar-refractivity contribution < 1.29 is 13.6 Å². The maximum absolute atomic E-state index is 14.0. The molecule has 0 bridgehead atoms. The maximum atomic E-state index is 14.0. The summed E-state index contributed by atoms with van der Waals surface area (Å²) in [6.07, 6.45) is 0.625. The number of aromatic nitrogens is 1. The van der Waals surface area contributed by atoms with Crippen LogP contribution in [0.5, 0.6) is 0 Å². The third-order valence-electron chi connectivity index (χ3n) is 3.40. The SMILES string of the molecule is Cc1ccc(F)c2c(C=O)c(-c3ccc(F)cc3)[nH]c12. The Bertz CT molecular complexity index is 803. The molecule has 0 aliphatic carbocycles. The van der Waals surface area contributed by atoms with Gasteiger partial charge in [0.2, 0.25) is 0 Å². The summed E-state index contributed by atoms with van der Waals surface area (Å²) in [7, 11) is 0. The summed E-state index contributed by atoms with van der Waals surface area (Å²) in [6, 6.07) is 8.71. The predicted molar refractivity (Wildman–Crippen MR) is 73.8 cm³/mol. The number of aromatic amines is 1. The molecule has 0 fully saturated rings. The minimum Gasteiger partial charge on any atom is -0.354 e. The van der Waals surface area contributed by atoms with Crippen molar-refractivity contribution in [1.29, 1.82) is 0 Å². The molecule has 100 valence electrons. The first-order valence-corrected chi connectivity index (χ1v) is 6.13. The number of nitrogens with one attached hydrogen (secondary N) is 1. The van der Waals surface area contributed by atoms with Gasteiger partial charge in [-0.1, -0.05) is 6.07 Å². The van der Waals surface area contributed by atoms with E-state index >= 15 is 0 Å². The highest BCUT2D eigenvalue weighted by molar-refractivity contribution is 6.05. The number of hydrogen-bond donors (Lipinski definition) is 1. The second kappa shape index (κ2) is 4.56. The van der Waals surface area contributed by atoms with E-state index in [0.29, 0.717) is 23.1 Å². The maximum Gasteiger partial charge on any atom is 0.152 e. The lowest BCUT2D eigenvalue weighted by Gasteiger charge is -1.99. The highest BCUT2D eigenvalue weighted by Crippen LogP contribution is 2.32. The molecule has 0 amide bonds. The molecule has 0 unspecified atom stereocenters. The van der Waals surface area contributed by atoms with Crippen molar-refractivity contribution in [3.63, 3.8) is 0 Å². The van der Waals surface area contributed by atoms with Gasteiger partial charge < -0.3 is 4.98 Å². The van der Waals surface area contributed by atoms with Gasteiger partial charge in [-0.2, -0.15) is 0 Å². The van der Waals surface area contributed by atoms with Crippen molar-refractivity contribution in [1.82, 2.24) is 4.98 Å². The lowest BCUT2D eigenvalue weighted by Crippen LogP contribution is -1.86. The number of carbonyl (C=O) groups is 1. The number of aryl methyl sites for hydroxylation is 1. The first kappa shape index (κ1) is 12.5. The molecule has 1 heterocycles. The number of hydrogen-bond acceptors (Lipinski definition) is 1. The van der Waals surface area contributed by atoms with E-state index in [-0.39, 0.29) is 16.8 Å². The summed E-state index contributed by atoms with van der Waals surface area (Å²) in [6.45, 7) is 1.83. The fourth-order valence-electron chi connectivity index (χ4n) is 2.39. The summed E-state index contributed by atoms with van der Waals surface area (Å²) < 4.78 is 26.9. The summed E-state index contributed by atoms with van der Waals surface area (Å²) in [5.74, 6) is -0.808. The van der Waals surface area contributed by atoms with E-state index in [1.807, 2.05) is 6.92 Å². The van der Waals surface area contributed by atoms with Crippen LogP contribution in [-0.4, -0.2) is 11.3 Å². The largest absolute Gasteiger partial charge is 0.354 e. The summed E-state index contributed by atoms with van der Waals surface area (Å²) in [5.41, 5.74) is 2.84. The van der Waals surface area contributed by atoms with E-state index in [0.717, 1.165) is 5.56 Å². The lowest BCUT2D eigenvalue weighted by molar-refractivity contribution is 0.112. The van der Waals surface area contributed by atoms with Crippen LogP contribution < -0.4 is 0 Å². The van der Waals surface area contributed by atoms with Crippen LogP contribution in [0.25, 0.3) is 22.2 Å². The molecule has 2 nitrogen and oxygen atoms in total. The van der Waals surface area contributed by atoms with Gasteiger partial charge in [-0.3, -0.25) is 4.79 Å². The average Bonchev–Trinajstić information content (AvgIpc) is 2.84. The second-order valence-electron chi connectivity index (χ2n) is 4.65. The van der Waals surface area contributed by atoms with Gasteiger partial charge in [-0.05, 0) is 48.4 Å². The zero-order valence-corrected chi connectivity index (χ0v) is 10.7. The van der Waals surface area contributed by atoms with E-state index < -0.39 is 5.82 Å². The molecular formula is C16H11F2NO. The molecule has 0 spiro atoms. The van der Waals surface area contributed by atoms with E-state index in [9.17, 15) is 13.6 Å². The van der Waals surface area contributed by atoms with Crippen molar-refractivity contribution in [3.8, 4) is 11.3 Å². The number of benzene rings is 2. The molecule has 0 saturated carbocycles. The molecule has 0 saturated heterocycles. The van der Waals surface area contributed by atoms with Crippen LogP contribution in [0.1, 0.15) is 15.9 Å². The van der Waals surface area contributed by atoms with E-state index in [4.69, 9.17) is 0 Å². The van der Waals surface area contributed by atoms with Crippen molar-refractivity contribution in [2.45, 2.75) is 6.92 Å². The molecule has 0 aliphatic heterocycles. The van der Waals surface area contributed by atoms with Crippen LogP contribution in [-0.2, 0) is 0 Å². The number of H-pyrrole nitrogens is 1. The molecule has 3 aromatic rings. The van der Waals surface area contributed by atoms with Crippen molar-refractivity contribution >= 4 is 17.2 Å². The standard InChI is InChI=1S/C16H11F2NO/c1-9-2-7-13(18)14-12(8-20)16(19-15(9)14)10-3-5-11(17)6-4-10/h2-8,19H,1H3. The molecule has 0 aliphatic rings. The van der Waals surface area contributed by atoms with Crippen molar-refractivity contribution in [3.05, 3.63) is 59.2 Å². The highest BCUT2D eigenvalue weighted by atomic mass is 19.1. The number of fused-ring (bicyclic) bond motifs is 1. The minimum atomic E-state index is -0.447. The Kier molecular flexibility index (Phi) is 2.86. The molecule has 1 N–H and O–H groups in total. The summed E-state index contributed by atoms with van der Waals surface area (Å²) >= 11 is 0. The quantitative estimate of drug-likeness (QED) is 0.695. The van der Waals surface area contributed by atoms with Gasteiger partial charge in [0.1, 0.15) is 11.6 Å². The van der Waals surface area contributed by atoms with Crippen LogP contribution >= 0.6 is 0 Å². The Morgan fingerprint density at radius 2 is 1.75 bits per heavy atom. The highest BCUT2D eigenvalue weighted by Gasteiger charge is 2.17. The Balaban J connectivity index is 2.36. The van der Waals surface area contributed by atoms with Gasteiger partial charge in [-0.15, -0.1) is 0 Å². The van der Waals surface area contributed by atoms with Crippen molar-refractivity contribution in [2.75, 3.05) is 0 Å². The third kappa shape index (κ3) is 1.81. The van der Waals surface area contributed by atoms with E-state index in [2.05, 4.69) is 4.98 Å². The van der Waals surface area contributed by atoms with Crippen LogP contribution in [0.15, 0.2) is 36.4 Å². The van der Waals surface area contributed by atoms with Gasteiger partial charge in [0.25, 0.3) is 0 Å². The fourth-order valence-corrected chi connectivity index (χ4v) is 2.39. The summed E-state index contributed by atoms with van der Waals surface area (Å²) in [4.78, 5) is 14.4. The molecule has 2 aromatic carbocycles. The van der Waals surface area contributed by atoms with Gasteiger partial charge in [0.05, 0.1) is 16.8 Å². The normalized spacial score (nSPS) is 10.9. The number of halogens is 2. The first-order chi connectivity index (χ1) is 9.61. The van der Waals surface area contributed by atoms with E-state index in [1.165, 1.54) is 18.2 Å². The lowest BCUT2D eigenvalue weighted by atomic mass is 10.0. The molecule has 4 heteroatoms. The van der Waals surface area contributed by atoms with Crippen LogP contribution in [0.2, 0.25) is 0 Å². The first-order valence-electron chi connectivity index (χ1n) is 6.13. The van der Waals surface area contributed by atoms with E-state index in [1.54, 1.807) is 18.2 Å². The average molecular weight is 271 g/mol.